The maximum absolute atomic E-state index is 3.41. The fourth-order valence-electron chi connectivity index (χ4n) is 2.32. The topological polar surface area (TPSA) is 15.3 Å². The molecule has 2 heteroatoms. The van der Waals surface area contributed by atoms with Gasteiger partial charge < -0.3 is 10.2 Å². The van der Waals surface area contributed by atoms with Crippen LogP contribution in [-0.4, -0.2) is 26.2 Å². The second-order valence-electron chi connectivity index (χ2n) is 4.61. The molecule has 1 aliphatic rings. The van der Waals surface area contributed by atoms with Crippen molar-refractivity contribution in [3.8, 4) is 0 Å². The Morgan fingerprint density at radius 3 is 2.62 bits per heavy atom. The van der Waals surface area contributed by atoms with E-state index in [4.69, 9.17) is 0 Å². The second-order valence-corrected chi connectivity index (χ2v) is 4.61. The Morgan fingerprint density at radius 2 is 1.94 bits per heavy atom. The molecule has 1 aliphatic heterocycles. The average molecular weight is 218 g/mol. The third-order valence-electron chi connectivity index (χ3n) is 3.54. The Balaban J connectivity index is 2.24. The number of benzene rings is 1. The van der Waals surface area contributed by atoms with Crippen molar-refractivity contribution in [1.29, 1.82) is 0 Å². The maximum Gasteiger partial charge on any atom is 0.0402 e. The van der Waals surface area contributed by atoms with Crippen molar-refractivity contribution in [2.24, 2.45) is 0 Å². The van der Waals surface area contributed by atoms with E-state index in [2.05, 4.69) is 48.3 Å². The normalized spacial score (nSPS) is 18.5. The van der Waals surface area contributed by atoms with Crippen molar-refractivity contribution in [1.82, 2.24) is 5.32 Å². The summed E-state index contributed by atoms with van der Waals surface area (Å²) in [4.78, 5) is 2.51. The summed E-state index contributed by atoms with van der Waals surface area (Å²) in [6, 6.07) is 8.87. The van der Waals surface area contributed by atoms with Crippen molar-refractivity contribution >= 4 is 5.69 Å². The molecule has 0 aliphatic carbocycles. The van der Waals surface area contributed by atoms with E-state index in [1.165, 1.54) is 17.7 Å². The van der Waals surface area contributed by atoms with Gasteiger partial charge in [0.1, 0.15) is 0 Å². The first-order chi connectivity index (χ1) is 7.83. The highest BCUT2D eigenvalue weighted by Gasteiger charge is 2.15. The van der Waals surface area contributed by atoms with Gasteiger partial charge in [-0.25, -0.2) is 0 Å². The van der Waals surface area contributed by atoms with Gasteiger partial charge in [-0.05, 0) is 24.0 Å². The number of rotatable bonds is 3. The number of piperazine rings is 1. The molecule has 1 aromatic rings. The molecule has 0 bridgehead atoms. The van der Waals surface area contributed by atoms with Crippen LogP contribution >= 0.6 is 0 Å². The monoisotopic (exact) mass is 218 g/mol. The smallest absolute Gasteiger partial charge is 0.0402 e. The highest BCUT2D eigenvalue weighted by molar-refractivity contribution is 5.55. The van der Waals surface area contributed by atoms with E-state index in [1.54, 1.807) is 0 Å². The standard InChI is InChI=1S/C14H22N2/c1-3-12(2)13-6-4-5-7-14(13)16-10-8-15-9-11-16/h4-7,12,15H,3,8-11H2,1-2H3. The van der Waals surface area contributed by atoms with Gasteiger partial charge in [-0.1, -0.05) is 32.0 Å². The van der Waals surface area contributed by atoms with Gasteiger partial charge in [0.25, 0.3) is 0 Å². The lowest BCUT2D eigenvalue weighted by Crippen LogP contribution is -2.43. The van der Waals surface area contributed by atoms with Crippen LogP contribution in [0.15, 0.2) is 24.3 Å². The lowest BCUT2D eigenvalue weighted by atomic mass is 9.96. The van der Waals surface area contributed by atoms with Crippen LogP contribution < -0.4 is 10.2 Å². The van der Waals surface area contributed by atoms with Gasteiger partial charge in [0, 0.05) is 31.9 Å². The minimum Gasteiger partial charge on any atom is -0.369 e. The predicted octanol–water partition coefficient (Wildman–Crippen LogP) is 2.61. The molecule has 0 amide bonds. The molecule has 2 rings (SSSR count). The zero-order valence-corrected chi connectivity index (χ0v) is 10.4. The summed E-state index contributed by atoms with van der Waals surface area (Å²) in [6.07, 6.45) is 1.21. The number of hydrogen-bond acceptors (Lipinski definition) is 2. The predicted molar refractivity (Wildman–Crippen MR) is 70.2 cm³/mol. The van der Waals surface area contributed by atoms with Crippen molar-refractivity contribution < 1.29 is 0 Å². The highest BCUT2D eigenvalue weighted by atomic mass is 15.2. The summed E-state index contributed by atoms with van der Waals surface area (Å²) < 4.78 is 0. The zero-order valence-electron chi connectivity index (χ0n) is 10.4. The minimum atomic E-state index is 0.658. The Morgan fingerprint density at radius 1 is 1.25 bits per heavy atom. The molecule has 1 aromatic carbocycles. The quantitative estimate of drug-likeness (QED) is 0.839. The molecule has 1 atom stereocenters. The van der Waals surface area contributed by atoms with Crippen LogP contribution in [0.4, 0.5) is 5.69 Å². The number of hydrogen-bond donors (Lipinski definition) is 1. The van der Waals surface area contributed by atoms with Crippen LogP contribution in [0, 0.1) is 0 Å². The van der Waals surface area contributed by atoms with Crippen LogP contribution in [0.25, 0.3) is 0 Å². The van der Waals surface area contributed by atoms with Gasteiger partial charge in [-0.3, -0.25) is 0 Å². The lowest BCUT2D eigenvalue weighted by molar-refractivity contribution is 0.585. The van der Waals surface area contributed by atoms with Gasteiger partial charge in [0.2, 0.25) is 0 Å². The van der Waals surface area contributed by atoms with Crippen molar-refractivity contribution in [2.45, 2.75) is 26.2 Å². The molecule has 2 nitrogen and oxygen atoms in total. The molecule has 0 radical (unpaired) electrons. The first-order valence-corrected chi connectivity index (χ1v) is 6.37. The average Bonchev–Trinajstić information content (AvgIpc) is 2.39. The largest absolute Gasteiger partial charge is 0.369 e. The summed E-state index contributed by atoms with van der Waals surface area (Å²) in [6.45, 7) is 9.06. The van der Waals surface area contributed by atoms with E-state index in [0.717, 1.165) is 26.2 Å². The lowest BCUT2D eigenvalue weighted by Gasteiger charge is -2.32. The van der Waals surface area contributed by atoms with Gasteiger partial charge in [0.05, 0.1) is 0 Å². The summed E-state index contributed by atoms with van der Waals surface area (Å²) in [5.41, 5.74) is 2.95. The number of nitrogens with one attached hydrogen (secondary N) is 1. The summed E-state index contributed by atoms with van der Waals surface area (Å²) in [7, 11) is 0. The Bertz CT molecular complexity index is 329. The number of para-hydroxylation sites is 1. The van der Waals surface area contributed by atoms with Crippen LogP contribution in [-0.2, 0) is 0 Å². The van der Waals surface area contributed by atoms with E-state index < -0.39 is 0 Å². The van der Waals surface area contributed by atoms with E-state index in [1.807, 2.05) is 0 Å². The van der Waals surface area contributed by atoms with Crippen LogP contribution in [0.2, 0.25) is 0 Å². The van der Waals surface area contributed by atoms with E-state index in [0.29, 0.717) is 5.92 Å². The molecule has 1 saturated heterocycles. The Kier molecular flexibility index (Phi) is 3.83. The SMILES string of the molecule is CCC(C)c1ccccc1N1CCNCC1. The molecular formula is C14H22N2. The summed E-state index contributed by atoms with van der Waals surface area (Å²) in [5.74, 6) is 0.658. The van der Waals surface area contributed by atoms with E-state index in [9.17, 15) is 0 Å². The molecule has 0 aromatic heterocycles. The summed E-state index contributed by atoms with van der Waals surface area (Å²) >= 11 is 0. The molecule has 1 unspecified atom stereocenters. The van der Waals surface area contributed by atoms with Crippen molar-refractivity contribution in [3.05, 3.63) is 29.8 Å². The molecular weight excluding hydrogens is 196 g/mol. The molecule has 0 saturated carbocycles. The van der Waals surface area contributed by atoms with Crippen LogP contribution in [0.5, 0.6) is 0 Å². The highest BCUT2D eigenvalue weighted by Crippen LogP contribution is 2.29. The maximum atomic E-state index is 3.41. The van der Waals surface area contributed by atoms with Crippen LogP contribution in [0.3, 0.4) is 0 Å². The number of nitrogens with zero attached hydrogens (tertiary/aromatic N) is 1. The van der Waals surface area contributed by atoms with Crippen LogP contribution in [0.1, 0.15) is 31.7 Å². The van der Waals surface area contributed by atoms with Crippen molar-refractivity contribution in [3.63, 3.8) is 0 Å². The van der Waals surface area contributed by atoms with E-state index >= 15 is 0 Å². The van der Waals surface area contributed by atoms with Gasteiger partial charge >= 0.3 is 0 Å². The summed E-state index contributed by atoms with van der Waals surface area (Å²) in [5, 5.41) is 3.41. The molecule has 0 spiro atoms. The van der Waals surface area contributed by atoms with E-state index in [-0.39, 0.29) is 0 Å². The number of anilines is 1. The third kappa shape index (κ3) is 2.38. The first-order valence-electron chi connectivity index (χ1n) is 6.37. The molecule has 88 valence electrons. The molecule has 1 heterocycles. The van der Waals surface area contributed by atoms with Gasteiger partial charge in [0.15, 0.2) is 0 Å². The van der Waals surface area contributed by atoms with Gasteiger partial charge in [-0.15, -0.1) is 0 Å². The Hall–Kier alpha value is -1.02. The Labute approximate surface area is 98.7 Å². The van der Waals surface area contributed by atoms with Crippen molar-refractivity contribution in [2.75, 3.05) is 31.1 Å². The first kappa shape index (κ1) is 11.5. The fourth-order valence-corrected chi connectivity index (χ4v) is 2.32. The molecule has 1 fully saturated rings. The second kappa shape index (κ2) is 5.35. The molecule has 1 N–H and O–H groups in total. The minimum absolute atomic E-state index is 0.658. The third-order valence-corrected chi connectivity index (χ3v) is 3.54. The fraction of sp³-hybridized carbons (Fsp3) is 0.571. The zero-order chi connectivity index (χ0) is 11.4. The molecule has 16 heavy (non-hydrogen) atoms. The van der Waals surface area contributed by atoms with Gasteiger partial charge in [-0.2, -0.15) is 0 Å².